The molecule has 3 rings (SSSR count). The molecular weight excluding hydrogens is 592 g/mol. The van der Waals surface area contributed by atoms with Crippen LogP contribution >= 0.6 is 30.6 Å². The van der Waals surface area contributed by atoms with Gasteiger partial charge in [0.1, 0.15) is 12.4 Å². The zero-order chi connectivity index (χ0) is 24.8. The number of nitrogens with one attached hydrogen (secondary N) is 1. The number of aryl methyl sites for hydroxylation is 1. The molecule has 12 heteroatoms. The molecule has 1 aromatic carbocycles. The SMILES string of the molecule is CNC(=O)c1c(-c2ccc(C)cc2)oc2nc(CN(CCCCO[P+](C)=O)S(=O)O)c(I)cc12. The second-order valence-corrected chi connectivity index (χ2v) is 10.9. The molecule has 0 aliphatic carbocycles. The minimum atomic E-state index is -2.20. The van der Waals surface area contributed by atoms with Crippen LogP contribution in [0.5, 0.6) is 0 Å². The van der Waals surface area contributed by atoms with E-state index < -0.39 is 19.3 Å². The van der Waals surface area contributed by atoms with E-state index in [1.165, 1.54) is 11.0 Å². The summed E-state index contributed by atoms with van der Waals surface area (Å²) in [5.41, 5.74) is 3.09. The molecule has 0 fully saturated rings. The van der Waals surface area contributed by atoms with E-state index in [1.54, 1.807) is 7.05 Å². The Balaban J connectivity index is 1.91. The number of benzene rings is 1. The average molecular weight is 618 g/mol. The van der Waals surface area contributed by atoms with E-state index in [2.05, 4.69) is 32.9 Å². The quantitative estimate of drug-likeness (QED) is 0.136. The van der Waals surface area contributed by atoms with Crippen molar-refractivity contribution in [3.63, 3.8) is 0 Å². The summed E-state index contributed by atoms with van der Waals surface area (Å²) in [6.07, 6.45) is 1.20. The number of carbonyl (C=O) groups excluding carboxylic acids is 1. The third-order valence-electron chi connectivity index (χ3n) is 5.10. The van der Waals surface area contributed by atoms with E-state index in [4.69, 9.17) is 8.94 Å². The highest BCUT2D eigenvalue weighted by Crippen LogP contribution is 2.34. The number of unbranched alkanes of at least 4 members (excludes halogenated alkanes) is 1. The molecule has 2 aromatic heterocycles. The molecule has 2 N–H and O–H groups in total. The van der Waals surface area contributed by atoms with Gasteiger partial charge in [0.15, 0.2) is 6.66 Å². The summed E-state index contributed by atoms with van der Waals surface area (Å²) in [5.74, 6) is 0.139. The third kappa shape index (κ3) is 6.67. The summed E-state index contributed by atoms with van der Waals surface area (Å²) >= 11 is -0.0950. The van der Waals surface area contributed by atoms with Crippen LogP contribution in [-0.2, 0) is 26.9 Å². The van der Waals surface area contributed by atoms with Crippen LogP contribution in [0.15, 0.2) is 34.7 Å². The van der Waals surface area contributed by atoms with Gasteiger partial charge in [-0.1, -0.05) is 29.8 Å². The Morgan fingerprint density at radius 2 is 2.03 bits per heavy atom. The fraction of sp³-hybridized carbons (Fsp3) is 0.364. The van der Waals surface area contributed by atoms with Gasteiger partial charge in [-0.3, -0.25) is 9.35 Å². The maximum absolute atomic E-state index is 12.7. The van der Waals surface area contributed by atoms with Gasteiger partial charge in [-0.05, 0) is 53.0 Å². The molecule has 2 atom stereocenters. The van der Waals surface area contributed by atoms with Crippen molar-refractivity contribution in [1.82, 2.24) is 14.6 Å². The van der Waals surface area contributed by atoms with Crippen LogP contribution in [0.3, 0.4) is 0 Å². The van der Waals surface area contributed by atoms with Gasteiger partial charge in [0.05, 0.1) is 23.2 Å². The summed E-state index contributed by atoms with van der Waals surface area (Å²) in [6.45, 7) is 4.25. The Hall–Kier alpha value is -1.76. The van der Waals surface area contributed by atoms with E-state index in [1.807, 2.05) is 37.3 Å². The van der Waals surface area contributed by atoms with Gasteiger partial charge in [0, 0.05) is 22.7 Å². The first-order valence-corrected chi connectivity index (χ1v) is 14.3. The number of halogens is 1. The first-order valence-electron chi connectivity index (χ1n) is 10.5. The molecule has 1 amide bonds. The number of pyridine rings is 1. The van der Waals surface area contributed by atoms with Crippen LogP contribution in [0.4, 0.5) is 0 Å². The van der Waals surface area contributed by atoms with Crippen molar-refractivity contribution in [3.05, 3.63) is 50.7 Å². The van der Waals surface area contributed by atoms with Gasteiger partial charge < -0.3 is 9.73 Å². The Kier molecular flexibility index (Phi) is 9.69. The molecule has 34 heavy (non-hydrogen) atoms. The average Bonchev–Trinajstić information content (AvgIpc) is 3.15. The summed E-state index contributed by atoms with van der Waals surface area (Å²) < 4.78 is 45.9. The second-order valence-electron chi connectivity index (χ2n) is 7.60. The Bertz CT molecular complexity index is 1220. The van der Waals surface area contributed by atoms with Crippen molar-refractivity contribution in [2.75, 3.05) is 26.9 Å². The summed E-state index contributed by atoms with van der Waals surface area (Å²) in [6, 6.07) is 9.48. The van der Waals surface area contributed by atoms with Crippen LogP contribution in [0.1, 0.15) is 34.5 Å². The van der Waals surface area contributed by atoms with Crippen molar-refractivity contribution in [3.8, 4) is 11.3 Å². The number of fused-ring (bicyclic) bond motifs is 1. The van der Waals surface area contributed by atoms with Gasteiger partial charge in [-0.2, -0.15) is 4.31 Å². The first kappa shape index (κ1) is 26.8. The number of amides is 1. The summed E-state index contributed by atoms with van der Waals surface area (Å²) in [4.78, 5) is 17.3. The smallest absolute Gasteiger partial charge is 0.437 e. The van der Waals surface area contributed by atoms with Crippen LogP contribution in [-0.4, -0.2) is 50.8 Å². The van der Waals surface area contributed by atoms with E-state index in [9.17, 15) is 18.1 Å². The van der Waals surface area contributed by atoms with Gasteiger partial charge in [-0.15, -0.1) is 4.52 Å². The molecular formula is C22H26IN3O6PS+. The molecule has 2 heterocycles. The van der Waals surface area contributed by atoms with Crippen molar-refractivity contribution >= 4 is 58.9 Å². The summed E-state index contributed by atoms with van der Waals surface area (Å²) in [7, 11) is -0.0938. The molecule has 0 aliphatic rings. The lowest BCUT2D eigenvalue weighted by Gasteiger charge is -2.17. The van der Waals surface area contributed by atoms with Crippen molar-refractivity contribution in [1.29, 1.82) is 0 Å². The molecule has 0 saturated carbocycles. The zero-order valence-corrected chi connectivity index (χ0v) is 22.9. The minimum Gasteiger partial charge on any atom is -0.437 e. The van der Waals surface area contributed by atoms with Crippen LogP contribution in [0, 0.1) is 10.5 Å². The standard InChI is InChI=1S/C22H25IN3O6PS/c1-14-6-8-15(9-7-14)20-19(21(27)24-2)16-12-17(23)18(25-22(16)32-20)13-26(34(29)30)10-4-5-11-31-33(3)28/h6-9,12H,4-5,10-11,13H2,1-3H3,(H-,24,27,29,30)/p+1. The number of aromatic nitrogens is 1. The molecule has 0 saturated heterocycles. The minimum absolute atomic E-state index is 0.121. The number of furan rings is 1. The molecule has 0 aliphatic heterocycles. The Labute approximate surface area is 215 Å². The number of rotatable bonds is 11. The molecule has 2 unspecified atom stereocenters. The van der Waals surface area contributed by atoms with Crippen LogP contribution < -0.4 is 5.32 Å². The van der Waals surface area contributed by atoms with Crippen molar-refractivity contribution in [2.45, 2.75) is 26.3 Å². The normalized spacial score (nSPS) is 12.8. The number of carbonyl (C=O) groups is 1. The third-order valence-corrected chi connectivity index (χ3v) is 7.33. The fourth-order valence-electron chi connectivity index (χ4n) is 3.37. The second kappa shape index (κ2) is 12.3. The zero-order valence-electron chi connectivity index (χ0n) is 19.0. The first-order chi connectivity index (χ1) is 16.2. The highest BCUT2D eigenvalue weighted by molar-refractivity contribution is 14.1. The maximum Gasteiger partial charge on any atom is 0.504 e. The van der Waals surface area contributed by atoms with Gasteiger partial charge in [-0.25, -0.2) is 9.19 Å². The van der Waals surface area contributed by atoms with Gasteiger partial charge >= 0.3 is 8.03 Å². The number of nitrogens with zero attached hydrogens (tertiary/aromatic N) is 2. The van der Waals surface area contributed by atoms with E-state index >= 15 is 0 Å². The highest BCUT2D eigenvalue weighted by atomic mass is 127. The van der Waals surface area contributed by atoms with Crippen molar-refractivity contribution in [2.24, 2.45) is 0 Å². The molecule has 0 radical (unpaired) electrons. The fourth-order valence-corrected chi connectivity index (χ4v) is 4.87. The van der Waals surface area contributed by atoms with E-state index in [-0.39, 0.29) is 18.2 Å². The Morgan fingerprint density at radius 1 is 1.32 bits per heavy atom. The van der Waals surface area contributed by atoms with Crippen LogP contribution in [0.2, 0.25) is 0 Å². The lowest BCUT2D eigenvalue weighted by atomic mass is 10.0. The number of hydrogen-bond acceptors (Lipinski definition) is 6. The largest absolute Gasteiger partial charge is 0.504 e. The lowest BCUT2D eigenvalue weighted by molar-refractivity contribution is 0.0964. The van der Waals surface area contributed by atoms with Crippen LogP contribution in [0.25, 0.3) is 22.4 Å². The predicted octanol–water partition coefficient (Wildman–Crippen LogP) is 4.88. The summed E-state index contributed by atoms with van der Waals surface area (Å²) in [5, 5.41) is 3.24. The lowest BCUT2D eigenvalue weighted by Crippen LogP contribution is -2.27. The van der Waals surface area contributed by atoms with Gasteiger partial charge in [0.2, 0.25) is 17.0 Å². The molecule has 3 aromatic rings. The molecule has 182 valence electrons. The maximum atomic E-state index is 12.7. The van der Waals surface area contributed by atoms with E-state index in [0.717, 1.165) is 14.7 Å². The number of hydrogen-bond donors (Lipinski definition) is 2. The van der Waals surface area contributed by atoms with E-state index in [0.29, 0.717) is 48.4 Å². The topological polar surface area (TPSA) is 122 Å². The molecule has 9 nitrogen and oxygen atoms in total. The highest BCUT2D eigenvalue weighted by Gasteiger charge is 2.24. The van der Waals surface area contributed by atoms with Crippen molar-refractivity contribution < 1.29 is 27.1 Å². The predicted molar refractivity (Wildman–Crippen MR) is 140 cm³/mol. The van der Waals surface area contributed by atoms with Gasteiger partial charge in [0.25, 0.3) is 5.91 Å². The Morgan fingerprint density at radius 3 is 2.65 bits per heavy atom. The monoisotopic (exact) mass is 618 g/mol. The molecule has 0 bridgehead atoms. The molecule has 0 spiro atoms.